The van der Waals surface area contributed by atoms with E-state index in [2.05, 4.69) is 15.0 Å². The first kappa shape index (κ1) is 11.6. The highest BCUT2D eigenvalue weighted by atomic mass is 35.5. The second kappa shape index (κ2) is 5.45. The third kappa shape index (κ3) is 3.29. The van der Waals surface area contributed by atoms with Crippen LogP contribution in [0.3, 0.4) is 0 Å². The van der Waals surface area contributed by atoms with Crippen molar-refractivity contribution < 1.29 is 9.47 Å². The molecule has 0 amide bonds. The first-order valence-corrected chi connectivity index (χ1v) is 5.26. The highest BCUT2D eigenvalue weighted by Crippen LogP contribution is 2.18. The van der Waals surface area contributed by atoms with E-state index in [9.17, 15) is 0 Å². The van der Waals surface area contributed by atoms with Gasteiger partial charge in [0.05, 0.1) is 13.2 Å². The molecule has 0 aliphatic carbocycles. The molecule has 5 nitrogen and oxygen atoms in total. The predicted molar refractivity (Wildman–Crippen MR) is 62.2 cm³/mol. The van der Waals surface area contributed by atoms with Crippen LogP contribution in [0.2, 0.25) is 5.28 Å². The predicted octanol–water partition coefficient (Wildman–Crippen LogP) is 2.11. The molecular formula is C11H10ClN3O2. The van der Waals surface area contributed by atoms with E-state index in [0.717, 1.165) is 5.56 Å². The number of hydrogen-bond donors (Lipinski definition) is 0. The van der Waals surface area contributed by atoms with Gasteiger partial charge in [-0.05, 0) is 17.7 Å². The van der Waals surface area contributed by atoms with Gasteiger partial charge in [-0.25, -0.2) is 0 Å². The summed E-state index contributed by atoms with van der Waals surface area (Å²) in [5, 5.41) is 0.0885. The van der Waals surface area contributed by atoms with Gasteiger partial charge in [-0.1, -0.05) is 6.07 Å². The van der Waals surface area contributed by atoms with Gasteiger partial charge in [-0.3, -0.25) is 4.98 Å². The number of hydrogen-bond acceptors (Lipinski definition) is 5. The van der Waals surface area contributed by atoms with E-state index in [-0.39, 0.29) is 5.28 Å². The number of rotatable bonds is 4. The Bertz CT molecular complexity index is 493. The zero-order valence-corrected chi connectivity index (χ0v) is 9.89. The number of ether oxygens (including phenoxy) is 2. The van der Waals surface area contributed by atoms with Crippen molar-refractivity contribution in [3.8, 4) is 11.8 Å². The summed E-state index contributed by atoms with van der Waals surface area (Å²) in [5.74, 6) is 0.733. The quantitative estimate of drug-likeness (QED) is 0.779. The molecule has 88 valence electrons. The van der Waals surface area contributed by atoms with E-state index in [4.69, 9.17) is 21.1 Å². The van der Waals surface area contributed by atoms with Crippen molar-refractivity contribution >= 4 is 11.6 Å². The smallest absolute Gasteiger partial charge is 0.228 e. The summed E-state index contributed by atoms with van der Waals surface area (Å²) in [5.41, 5.74) is 0.946. The van der Waals surface area contributed by atoms with Gasteiger partial charge in [-0.15, -0.1) is 0 Å². The monoisotopic (exact) mass is 251 g/mol. The van der Waals surface area contributed by atoms with Crippen LogP contribution in [0.25, 0.3) is 0 Å². The van der Waals surface area contributed by atoms with Crippen LogP contribution in [0.4, 0.5) is 0 Å². The first-order chi connectivity index (χ1) is 8.28. The van der Waals surface area contributed by atoms with Crippen LogP contribution in [-0.4, -0.2) is 22.1 Å². The maximum Gasteiger partial charge on any atom is 0.228 e. The SMILES string of the molecule is COc1cc(OCc2cccnc2)nc(Cl)n1. The van der Waals surface area contributed by atoms with E-state index in [1.807, 2.05) is 12.1 Å². The molecule has 2 aromatic rings. The van der Waals surface area contributed by atoms with Crippen LogP contribution < -0.4 is 9.47 Å². The Morgan fingerprint density at radius 2 is 2.12 bits per heavy atom. The molecular weight excluding hydrogens is 242 g/mol. The number of nitrogens with zero attached hydrogens (tertiary/aromatic N) is 3. The zero-order valence-electron chi connectivity index (χ0n) is 9.13. The van der Waals surface area contributed by atoms with Gasteiger partial charge in [0.25, 0.3) is 0 Å². The van der Waals surface area contributed by atoms with E-state index < -0.39 is 0 Å². The second-order valence-electron chi connectivity index (χ2n) is 3.17. The second-order valence-corrected chi connectivity index (χ2v) is 3.51. The Morgan fingerprint density at radius 3 is 2.82 bits per heavy atom. The van der Waals surface area contributed by atoms with Gasteiger partial charge in [0.15, 0.2) is 0 Å². The van der Waals surface area contributed by atoms with Crippen LogP contribution in [0.1, 0.15) is 5.56 Å². The summed E-state index contributed by atoms with van der Waals surface area (Å²) in [6.07, 6.45) is 3.42. The summed E-state index contributed by atoms with van der Waals surface area (Å²) in [6.45, 7) is 0.365. The molecule has 0 unspecified atom stereocenters. The standard InChI is InChI=1S/C11H10ClN3O2/c1-16-9-5-10(15-11(12)14-9)17-7-8-3-2-4-13-6-8/h2-6H,7H2,1H3. The van der Waals surface area contributed by atoms with E-state index in [1.165, 1.54) is 7.11 Å². The molecule has 0 N–H and O–H groups in total. The van der Waals surface area contributed by atoms with Crippen LogP contribution in [0.5, 0.6) is 11.8 Å². The summed E-state index contributed by atoms with van der Waals surface area (Å²) in [4.78, 5) is 11.8. The summed E-state index contributed by atoms with van der Waals surface area (Å²) in [6, 6.07) is 5.32. The Balaban J connectivity index is 2.06. The maximum absolute atomic E-state index is 5.72. The molecule has 0 bridgehead atoms. The summed E-state index contributed by atoms with van der Waals surface area (Å²) in [7, 11) is 1.50. The molecule has 2 heterocycles. The first-order valence-electron chi connectivity index (χ1n) is 4.88. The fourth-order valence-electron chi connectivity index (χ4n) is 1.20. The highest BCUT2D eigenvalue weighted by molar-refractivity contribution is 6.28. The van der Waals surface area contributed by atoms with Gasteiger partial charge in [-0.2, -0.15) is 9.97 Å². The average molecular weight is 252 g/mol. The van der Waals surface area contributed by atoms with Crippen molar-refractivity contribution in [2.75, 3.05) is 7.11 Å². The minimum Gasteiger partial charge on any atom is -0.481 e. The van der Waals surface area contributed by atoms with Crippen LogP contribution >= 0.6 is 11.6 Å². The molecule has 0 radical (unpaired) electrons. The number of aromatic nitrogens is 3. The van der Waals surface area contributed by atoms with Gasteiger partial charge >= 0.3 is 0 Å². The maximum atomic E-state index is 5.72. The van der Waals surface area contributed by atoms with E-state index in [1.54, 1.807) is 18.5 Å². The van der Waals surface area contributed by atoms with Gasteiger partial charge < -0.3 is 9.47 Å². The van der Waals surface area contributed by atoms with E-state index >= 15 is 0 Å². The molecule has 0 aromatic carbocycles. The lowest BCUT2D eigenvalue weighted by molar-refractivity contribution is 0.289. The fraction of sp³-hybridized carbons (Fsp3) is 0.182. The van der Waals surface area contributed by atoms with Crippen molar-refractivity contribution in [1.29, 1.82) is 0 Å². The molecule has 0 aliphatic rings. The third-order valence-corrected chi connectivity index (χ3v) is 2.14. The number of methoxy groups -OCH3 is 1. The lowest BCUT2D eigenvalue weighted by Crippen LogP contribution is -1.99. The number of halogens is 1. The van der Waals surface area contributed by atoms with Crippen molar-refractivity contribution in [2.24, 2.45) is 0 Å². The molecule has 0 atom stereocenters. The topological polar surface area (TPSA) is 57.1 Å². The molecule has 17 heavy (non-hydrogen) atoms. The number of pyridine rings is 1. The van der Waals surface area contributed by atoms with Crippen molar-refractivity contribution in [3.05, 3.63) is 41.4 Å². The summed E-state index contributed by atoms with van der Waals surface area (Å²) < 4.78 is 10.4. The molecule has 0 saturated heterocycles. The van der Waals surface area contributed by atoms with Crippen molar-refractivity contribution in [2.45, 2.75) is 6.61 Å². The molecule has 0 saturated carbocycles. The lowest BCUT2D eigenvalue weighted by Gasteiger charge is -2.06. The summed E-state index contributed by atoms with van der Waals surface area (Å²) >= 11 is 5.72. The minimum atomic E-state index is 0.0885. The zero-order chi connectivity index (χ0) is 12.1. The van der Waals surface area contributed by atoms with Gasteiger partial charge in [0, 0.05) is 18.0 Å². The Hall–Kier alpha value is -1.88. The third-order valence-electron chi connectivity index (χ3n) is 1.97. The van der Waals surface area contributed by atoms with Crippen molar-refractivity contribution in [3.63, 3.8) is 0 Å². The Morgan fingerprint density at radius 1 is 1.29 bits per heavy atom. The van der Waals surface area contributed by atoms with Gasteiger partial charge in [0.2, 0.25) is 17.0 Å². The Kier molecular flexibility index (Phi) is 3.72. The van der Waals surface area contributed by atoms with Crippen LogP contribution in [0.15, 0.2) is 30.6 Å². The fourth-order valence-corrected chi connectivity index (χ4v) is 1.36. The van der Waals surface area contributed by atoms with Crippen molar-refractivity contribution in [1.82, 2.24) is 15.0 Å². The molecule has 0 fully saturated rings. The lowest BCUT2D eigenvalue weighted by atomic mass is 10.3. The van der Waals surface area contributed by atoms with Crippen LogP contribution in [0, 0.1) is 0 Å². The molecule has 2 aromatic heterocycles. The largest absolute Gasteiger partial charge is 0.481 e. The van der Waals surface area contributed by atoms with Gasteiger partial charge in [0.1, 0.15) is 6.61 Å². The minimum absolute atomic E-state index is 0.0885. The van der Waals surface area contributed by atoms with E-state index in [0.29, 0.717) is 18.4 Å². The average Bonchev–Trinajstić information content (AvgIpc) is 2.37. The Labute approximate surface area is 103 Å². The van der Waals surface area contributed by atoms with Crippen LogP contribution in [-0.2, 0) is 6.61 Å². The molecule has 0 aliphatic heterocycles. The molecule has 2 rings (SSSR count). The molecule has 0 spiro atoms. The normalized spacial score (nSPS) is 10.0. The highest BCUT2D eigenvalue weighted by Gasteiger charge is 2.04. The molecule has 6 heteroatoms.